The summed E-state index contributed by atoms with van der Waals surface area (Å²) in [6, 6.07) is 22.2. The predicted octanol–water partition coefficient (Wildman–Crippen LogP) is 6.76. The molecule has 0 bridgehead atoms. The average molecular weight is 306 g/mol. The first kappa shape index (κ1) is 16.3. The highest BCUT2D eigenvalue weighted by Crippen LogP contribution is 2.39. The van der Waals surface area contributed by atoms with Crippen LogP contribution in [-0.4, -0.2) is 0 Å². The van der Waals surface area contributed by atoms with Gasteiger partial charge in [0.25, 0.3) is 0 Å². The number of hydrogen-bond acceptors (Lipinski definition) is 0. The molecule has 1 saturated carbocycles. The second-order valence-corrected chi connectivity index (χ2v) is 7.15. The van der Waals surface area contributed by atoms with Crippen LogP contribution in [0, 0.1) is 5.92 Å². The fraction of sp³-hybridized carbons (Fsp3) is 0.478. The molecule has 3 rings (SSSR count). The molecular formula is C23H30. The Bertz CT molecular complexity index is 537. The predicted molar refractivity (Wildman–Crippen MR) is 99.8 cm³/mol. The quantitative estimate of drug-likeness (QED) is 0.495. The summed E-state index contributed by atoms with van der Waals surface area (Å²) < 4.78 is 0. The van der Waals surface area contributed by atoms with E-state index in [2.05, 4.69) is 60.7 Å². The van der Waals surface area contributed by atoms with Crippen LogP contribution in [0.5, 0.6) is 0 Å². The maximum atomic E-state index is 2.36. The van der Waals surface area contributed by atoms with Gasteiger partial charge in [-0.3, -0.25) is 0 Å². The van der Waals surface area contributed by atoms with E-state index < -0.39 is 0 Å². The first-order valence-corrected chi connectivity index (χ1v) is 9.52. The molecule has 0 heterocycles. The Labute approximate surface area is 141 Å². The van der Waals surface area contributed by atoms with E-state index in [1.54, 1.807) is 5.56 Å². The van der Waals surface area contributed by atoms with Crippen LogP contribution in [0.4, 0.5) is 0 Å². The maximum absolute atomic E-state index is 2.36. The van der Waals surface area contributed by atoms with Crippen molar-refractivity contribution in [3.05, 3.63) is 71.8 Å². The summed E-state index contributed by atoms with van der Waals surface area (Å²) in [4.78, 5) is 0. The highest BCUT2D eigenvalue weighted by Gasteiger charge is 2.24. The molecule has 0 amide bonds. The lowest BCUT2D eigenvalue weighted by Crippen LogP contribution is -2.16. The lowest BCUT2D eigenvalue weighted by Gasteiger charge is -2.31. The molecule has 2 aromatic rings. The van der Waals surface area contributed by atoms with Gasteiger partial charge < -0.3 is 0 Å². The number of benzene rings is 2. The van der Waals surface area contributed by atoms with Crippen LogP contribution in [0.15, 0.2) is 60.7 Å². The van der Waals surface area contributed by atoms with Gasteiger partial charge in [0.1, 0.15) is 0 Å². The van der Waals surface area contributed by atoms with Gasteiger partial charge in [-0.05, 0) is 55.1 Å². The summed E-state index contributed by atoms with van der Waals surface area (Å²) in [6.45, 7) is 0. The maximum Gasteiger partial charge on any atom is -0.0134 e. The highest BCUT2D eigenvalue weighted by atomic mass is 14.3. The van der Waals surface area contributed by atoms with Crippen molar-refractivity contribution in [1.29, 1.82) is 0 Å². The van der Waals surface area contributed by atoms with Gasteiger partial charge in [-0.15, -0.1) is 0 Å². The Morgan fingerprint density at radius 2 is 1.39 bits per heavy atom. The molecule has 0 aromatic heterocycles. The van der Waals surface area contributed by atoms with Crippen molar-refractivity contribution in [2.45, 2.75) is 63.7 Å². The summed E-state index contributed by atoms with van der Waals surface area (Å²) in [5.41, 5.74) is 3.07. The normalized spacial score (nSPS) is 17.0. The minimum atomic E-state index is 0.785. The van der Waals surface area contributed by atoms with Crippen LogP contribution in [0.1, 0.15) is 68.4 Å². The van der Waals surface area contributed by atoms with Crippen molar-refractivity contribution in [2.24, 2.45) is 5.92 Å². The minimum absolute atomic E-state index is 0.785. The third-order valence-electron chi connectivity index (χ3n) is 5.52. The standard InChI is InChI=1S/C23H30/c1-4-12-20(13-5-1)14-10-11-19-23(21-15-6-2-7-16-21)22-17-8-3-9-18-22/h1-2,4-7,12-13,15-16,22-23H,3,8-11,14,17-19H2. The zero-order chi connectivity index (χ0) is 15.7. The summed E-state index contributed by atoms with van der Waals surface area (Å²) in [5.74, 6) is 1.70. The topological polar surface area (TPSA) is 0 Å². The number of hydrogen-bond donors (Lipinski definition) is 0. The zero-order valence-corrected chi connectivity index (χ0v) is 14.3. The second-order valence-electron chi connectivity index (χ2n) is 7.15. The van der Waals surface area contributed by atoms with Crippen LogP contribution < -0.4 is 0 Å². The molecule has 1 atom stereocenters. The first-order chi connectivity index (χ1) is 11.4. The highest BCUT2D eigenvalue weighted by molar-refractivity contribution is 5.20. The molecule has 1 aliphatic rings. The van der Waals surface area contributed by atoms with Crippen molar-refractivity contribution < 1.29 is 0 Å². The third-order valence-corrected chi connectivity index (χ3v) is 5.52. The van der Waals surface area contributed by atoms with Crippen molar-refractivity contribution in [2.75, 3.05) is 0 Å². The van der Waals surface area contributed by atoms with Crippen molar-refractivity contribution >= 4 is 0 Å². The fourth-order valence-electron chi connectivity index (χ4n) is 4.25. The summed E-state index contributed by atoms with van der Waals surface area (Å²) in [6.07, 6.45) is 12.5. The third kappa shape index (κ3) is 4.96. The van der Waals surface area contributed by atoms with E-state index >= 15 is 0 Å². The lowest BCUT2D eigenvalue weighted by atomic mass is 9.74. The largest absolute Gasteiger partial charge is 0.0622 e. The molecule has 1 fully saturated rings. The molecule has 0 nitrogen and oxygen atoms in total. The van der Waals surface area contributed by atoms with Crippen molar-refractivity contribution in [1.82, 2.24) is 0 Å². The smallest absolute Gasteiger partial charge is 0.0134 e. The van der Waals surface area contributed by atoms with Gasteiger partial charge in [0, 0.05) is 0 Å². The summed E-state index contributed by atoms with van der Waals surface area (Å²) >= 11 is 0. The Morgan fingerprint density at radius 3 is 2.09 bits per heavy atom. The van der Waals surface area contributed by atoms with E-state index in [4.69, 9.17) is 0 Å². The number of unbranched alkanes of at least 4 members (excludes halogenated alkanes) is 1. The molecule has 1 unspecified atom stereocenters. The fourth-order valence-corrected chi connectivity index (χ4v) is 4.25. The Hall–Kier alpha value is -1.56. The van der Waals surface area contributed by atoms with E-state index in [0.29, 0.717) is 0 Å². The van der Waals surface area contributed by atoms with E-state index in [1.807, 2.05) is 0 Å². The lowest BCUT2D eigenvalue weighted by molar-refractivity contribution is 0.290. The van der Waals surface area contributed by atoms with Crippen LogP contribution in [-0.2, 0) is 6.42 Å². The van der Waals surface area contributed by atoms with Crippen LogP contribution in [0.3, 0.4) is 0 Å². The molecular weight excluding hydrogens is 276 g/mol. The molecule has 0 aliphatic heterocycles. The molecule has 2 aromatic carbocycles. The molecule has 0 spiro atoms. The molecule has 0 saturated heterocycles. The van der Waals surface area contributed by atoms with Crippen molar-refractivity contribution in [3.63, 3.8) is 0 Å². The van der Waals surface area contributed by atoms with Gasteiger partial charge in [0.05, 0.1) is 0 Å². The monoisotopic (exact) mass is 306 g/mol. The Kier molecular flexibility index (Phi) is 6.32. The average Bonchev–Trinajstić information content (AvgIpc) is 2.64. The Morgan fingerprint density at radius 1 is 0.739 bits per heavy atom. The van der Waals surface area contributed by atoms with E-state index in [0.717, 1.165) is 11.8 Å². The number of rotatable bonds is 7. The molecule has 0 heteroatoms. The summed E-state index contributed by atoms with van der Waals surface area (Å²) in [5, 5.41) is 0. The van der Waals surface area contributed by atoms with Crippen LogP contribution in [0.2, 0.25) is 0 Å². The van der Waals surface area contributed by atoms with Crippen LogP contribution in [0.25, 0.3) is 0 Å². The minimum Gasteiger partial charge on any atom is -0.0622 e. The van der Waals surface area contributed by atoms with Gasteiger partial charge >= 0.3 is 0 Å². The second kappa shape index (κ2) is 8.91. The Balaban J connectivity index is 1.55. The van der Waals surface area contributed by atoms with Gasteiger partial charge in [-0.2, -0.15) is 0 Å². The molecule has 0 radical (unpaired) electrons. The molecule has 23 heavy (non-hydrogen) atoms. The van der Waals surface area contributed by atoms with Gasteiger partial charge in [-0.25, -0.2) is 0 Å². The van der Waals surface area contributed by atoms with E-state index in [1.165, 1.54) is 63.4 Å². The molecule has 0 N–H and O–H groups in total. The van der Waals surface area contributed by atoms with Gasteiger partial charge in [0.15, 0.2) is 0 Å². The number of aryl methyl sites for hydroxylation is 1. The SMILES string of the molecule is c1ccc(CCCCC(c2ccccc2)C2CCCCC2)cc1. The van der Waals surface area contributed by atoms with Crippen molar-refractivity contribution in [3.8, 4) is 0 Å². The molecule has 122 valence electrons. The zero-order valence-electron chi connectivity index (χ0n) is 14.3. The molecule has 1 aliphatic carbocycles. The first-order valence-electron chi connectivity index (χ1n) is 9.52. The van der Waals surface area contributed by atoms with Crippen LogP contribution >= 0.6 is 0 Å². The van der Waals surface area contributed by atoms with E-state index in [9.17, 15) is 0 Å². The van der Waals surface area contributed by atoms with Gasteiger partial charge in [0.2, 0.25) is 0 Å². The van der Waals surface area contributed by atoms with E-state index in [-0.39, 0.29) is 0 Å². The summed E-state index contributed by atoms with van der Waals surface area (Å²) in [7, 11) is 0. The van der Waals surface area contributed by atoms with Gasteiger partial charge in [-0.1, -0.05) is 86.3 Å².